The average Bonchev–Trinajstić information content (AvgIpc) is 2.95. The fourth-order valence-electron chi connectivity index (χ4n) is 2.67. The normalized spacial score (nSPS) is 18.3. The third-order valence-electron chi connectivity index (χ3n) is 4.05. The Hall–Kier alpha value is -2.54. The topological polar surface area (TPSA) is 81.7 Å². The third kappa shape index (κ3) is 5.23. The maximum Gasteiger partial charge on any atom is 0.258 e. The van der Waals surface area contributed by atoms with Crippen molar-refractivity contribution in [2.45, 2.75) is 19.4 Å². The number of sulfone groups is 1. The summed E-state index contributed by atoms with van der Waals surface area (Å²) in [6.45, 7) is 1.85. The molecule has 1 fully saturated rings. The molecule has 7 heteroatoms. The van der Waals surface area contributed by atoms with Gasteiger partial charge >= 0.3 is 0 Å². The third-order valence-corrected chi connectivity index (χ3v) is 5.82. The van der Waals surface area contributed by atoms with E-state index in [1.165, 1.54) is 0 Å². The summed E-state index contributed by atoms with van der Waals surface area (Å²) in [6, 6.07) is 14.4. The van der Waals surface area contributed by atoms with Crippen molar-refractivity contribution in [1.82, 2.24) is 5.32 Å². The zero-order chi connectivity index (χ0) is 18.6. The number of carbonyl (C=O) groups is 1. The van der Waals surface area contributed by atoms with Gasteiger partial charge in [0, 0.05) is 6.04 Å². The first-order valence-corrected chi connectivity index (χ1v) is 10.2. The van der Waals surface area contributed by atoms with E-state index in [1.807, 2.05) is 31.2 Å². The van der Waals surface area contributed by atoms with Crippen LogP contribution in [0.5, 0.6) is 17.2 Å². The Morgan fingerprint density at radius 1 is 1.04 bits per heavy atom. The van der Waals surface area contributed by atoms with Gasteiger partial charge in [0.2, 0.25) is 0 Å². The molecular weight excluding hydrogens is 354 g/mol. The summed E-state index contributed by atoms with van der Waals surface area (Å²) in [5.41, 5.74) is 1.16. The first-order chi connectivity index (χ1) is 12.4. The average molecular weight is 375 g/mol. The molecule has 0 aliphatic carbocycles. The molecule has 1 aliphatic rings. The molecular formula is C19H21NO5S. The summed E-state index contributed by atoms with van der Waals surface area (Å²) >= 11 is 0. The zero-order valence-electron chi connectivity index (χ0n) is 14.5. The lowest BCUT2D eigenvalue weighted by Gasteiger charge is -2.12. The van der Waals surface area contributed by atoms with E-state index in [1.54, 1.807) is 24.3 Å². The second-order valence-electron chi connectivity index (χ2n) is 6.34. The van der Waals surface area contributed by atoms with Gasteiger partial charge in [0.25, 0.3) is 5.91 Å². The zero-order valence-corrected chi connectivity index (χ0v) is 15.3. The highest BCUT2D eigenvalue weighted by atomic mass is 32.2. The van der Waals surface area contributed by atoms with Crippen molar-refractivity contribution < 1.29 is 22.7 Å². The molecule has 0 saturated carbocycles. The van der Waals surface area contributed by atoms with Gasteiger partial charge in [-0.3, -0.25) is 4.79 Å². The second kappa shape index (κ2) is 7.78. The number of rotatable bonds is 6. The van der Waals surface area contributed by atoms with Crippen LogP contribution in [0.1, 0.15) is 12.0 Å². The maximum absolute atomic E-state index is 11.9. The van der Waals surface area contributed by atoms with Crippen LogP contribution in [0.2, 0.25) is 0 Å². The molecule has 2 aromatic carbocycles. The summed E-state index contributed by atoms with van der Waals surface area (Å²) < 4.78 is 33.9. The lowest BCUT2D eigenvalue weighted by molar-refractivity contribution is -0.123. The summed E-state index contributed by atoms with van der Waals surface area (Å²) in [4.78, 5) is 11.9. The Labute approximate surface area is 153 Å². The number of hydrogen-bond donors (Lipinski definition) is 1. The molecule has 6 nitrogen and oxygen atoms in total. The first-order valence-electron chi connectivity index (χ1n) is 8.37. The first kappa shape index (κ1) is 18.3. The van der Waals surface area contributed by atoms with Crippen LogP contribution in [0.15, 0.2) is 48.5 Å². The van der Waals surface area contributed by atoms with Crippen LogP contribution >= 0.6 is 0 Å². The summed E-state index contributed by atoms with van der Waals surface area (Å²) in [7, 11) is -3.01. The van der Waals surface area contributed by atoms with E-state index in [2.05, 4.69) is 5.32 Å². The Kier molecular flexibility index (Phi) is 5.46. The standard InChI is InChI=1S/C19H21NO5S/c1-14-2-4-17(5-3-14)25-18-8-6-16(7-9-18)24-12-19(21)20-15-10-11-26(22,23)13-15/h2-9,15H,10-13H2,1H3,(H,20,21)/t15-/m1/s1. The van der Waals surface area contributed by atoms with E-state index in [-0.39, 0.29) is 30.1 Å². The van der Waals surface area contributed by atoms with Crippen molar-refractivity contribution in [3.63, 3.8) is 0 Å². The van der Waals surface area contributed by atoms with E-state index in [4.69, 9.17) is 9.47 Å². The number of aryl methyl sites for hydroxylation is 1. The van der Waals surface area contributed by atoms with Crippen molar-refractivity contribution in [3.8, 4) is 17.2 Å². The highest BCUT2D eigenvalue weighted by Gasteiger charge is 2.28. The van der Waals surface area contributed by atoms with Gasteiger partial charge in [0.15, 0.2) is 16.4 Å². The fraction of sp³-hybridized carbons (Fsp3) is 0.316. The fourth-order valence-corrected chi connectivity index (χ4v) is 4.35. The largest absolute Gasteiger partial charge is 0.484 e. The van der Waals surface area contributed by atoms with Gasteiger partial charge in [0.05, 0.1) is 11.5 Å². The van der Waals surface area contributed by atoms with Crippen LogP contribution in [0.4, 0.5) is 0 Å². The Morgan fingerprint density at radius 2 is 1.62 bits per heavy atom. The van der Waals surface area contributed by atoms with Crippen LogP contribution in [0, 0.1) is 6.92 Å². The van der Waals surface area contributed by atoms with Crippen LogP contribution in [0.3, 0.4) is 0 Å². The molecule has 1 heterocycles. The molecule has 0 radical (unpaired) electrons. The minimum atomic E-state index is -3.01. The molecule has 1 aliphatic heterocycles. The molecule has 138 valence electrons. The van der Waals surface area contributed by atoms with Crippen molar-refractivity contribution in [2.75, 3.05) is 18.1 Å². The highest BCUT2D eigenvalue weighted by molar-refractivity contribution is 7.91. The molecule has 26 heavy (non-hydrogen) atoms. The number of amides is 1. The van der Waals surface area contributed by atoms with Crippen molar-refractivity contribution in [1.29, 1.82) is 0 Å². The van der Waals surface area contributed by atoms with Crippen molar-refractivity contribution in [2.24, 2.45) is 0 Å². The monoisotopic (exact) mass is 375 g/mol. The molecule has 0 bridgehead atoms. The molecule has 0 unspecified atom stereocenters. The van der Waals surface area contributed by atoms with Crippen LogP contribution in [-0.4, -0.2) is 38.5 Å². The predicted octanol–water partition coefficient (Wildman–Crippen LogP) is 2.47. The molecule has 1 N–H and O–H groups in total. The Bertz CT molecular complexity index is 860. The quantitative estimate of drug-likeness (QED) is 0.839. The number of nitrogens with one attached hydrogen (secondary N) is 1. The van der Waals surface area contributed by atoms with Gasteiger partial charge in [0.1, 0.15) is 17.2 Å². The molecule has 1 atom stereocenters. The predicted molar refractivity (Wildman–Crippen MR) is 98.4 cm³/mol. The lowest BCUT2D eigenvalue weighted by Crippen LogP contribution is -2.38. The number of carbonyl (C=O) groups excluding carboxylic acids is 1. The minimum Gasteiger partial charge on any atom is -0.484 e. The van der Waals surface area contributed by atoms with E-state index < -0.39 is 9.84 Å². The molecule has 3 rings (SSSR count). The minimum absolute atomic E-state index is 0.00376. The van der Waals surface area contributed by atoms with Gasteiger partial charge in [-0.1, -0.05) is 17.7 Å². The Morgan fingerprint density at radius 3 is 2.19 bits per heavy atom. The molecule has 1 amide bonds. The molecule has 2 aromatic rings. The maximum atomic E-state index is 11.9. The van der Waals surface area contributed by atoms with E-state index in [9.17, 15) is 13.2 Å². The van der Waals surface area contributed by atoms with E-state index in [0.717, 1.165) is 11.3 Å². The molecule has 1 saturated heterocycles. The van der Waals surface area contributed by atoms with Gasteiger partial charge in [-0.15, -0.1) is 0 Å². The van der Waals surface area contributed by atoms with Crippen LogP contribution in [0.25, 0.3) is 0 Å². The smallest absolute Gasteiger partial charge is 0.258 e. The van der Waals surface area contributed by atoms with Crippen LogP contribution < -0.4 is 14.8 Å². The van der Waals surface area contributed by atoms with E-state index >= 15 is 0 Å². The summed E-state index contributed by atoms with van der Waals surface area (Å²) in [6.07, 6.45) is 0.457. The number of benzene rings is 2. The highest BCUT2D eigenvalue weighted by Crippen LogP contribution is 2.24. The van der Waals surface area contributed by atoms with Gasteiger partial charge in [-0.05, 0) is 49.7 Å². The second-order valence-corrected chi connectivity index (χ2v) is 8.57. The summed E-state index contributed by atoms with van der Waals surface area (Å²) in [5.74, 6) is 1.75. The van der Waals surface area contributed by atoms with E-state index in [0.29, 0.717) is 17.9 Å². The van der Waals surface area contributed by atoms with Crippen molar-refractivity contribution >= 4 is 15.7 Å². The lowest BCUT2D eigenvalue weighted by atomic mass is 10.2. The van der Waals surface area contributed by atoms with Crippen molar-refractivity contribution in [3.05, 3.63) is 54.1 Å². The molecule has 0 aromatic heterocycles. The Balaban J connectivity index is 1.46. The summed E-state index contributed by atoms with van der Waals surface area (Å²) in [5, 5.41) is 2.69. The SMILES string of the molecule is Cc1ccc(Oc2ccc(OCC(=O)N[C@@H]3CCS(=O)(=O)C3)cc2)cc1. The van der Waals surface area contributed by atoms with Gasteiger partial charge in [-0.2, -0.15) is 0 Å². The number of hydrogen-bond acceptors (Lipinski definition) is 5. The van der Waals surface area contributed by atoms with Gasteiger partial charge < -0.3 is 14.8 Å². The molecule has 0 spiro atoms. The number of ether oxygens (including phenoxy) is 2. The van der Waals surface area contributed by atoms with Crippen LogP contribution in [-0.2, 0) is 14.6 Å². The van der Waals surface area contributed by atoms with Gasteiger partial charge in [-0.25, -0.2) is 8.42 Å².